The van der Waals surface area contributed by atoms with Gasteiger partial charge in [-0.1, -0.05) is 38.7 Å². The molecule has 0 amide bonds. The van der Waals surface area contributed by atoms with Gasteiger partial charge < -0.3 is 13.6 Å². The zero-order valence-corrected chi connectivity index (χ0v) is 14.9. The van der Waals surface area contributed by atoms with Gasteiger partial charge >= 0.3 is 15.3 Å². The van der Waals surface area contributed by atoms with Gasteiger partial charge in [-0.3, -0.25) is 0 Å². The number of esters is 1. The summed E-state index contributed by atoms with van der Waals surface area (Å²) in [5.41, 5.74) is 0.469. The molecule has 21 heavy (non-hydrogen) atoms. The van der Waals surface area contributed by atoms with E-state index in [9.17, 15) is 4.79 Å². The van der Waals surface area contributed by atoms with Gasteiger partial charge in [-0.2, -0.15) is 0 Å². The zero-order valence-electron chi connectivity index (χ0n) is 13.9. The Morgan fingerprint density at radius 2 is 1.48 bits per heavy atom. The molecule has 0 bridgehead atoms. The molecule has 0 aliphatic heterocycles. The Bertz CT molecular complexity index is 275. The van der Waals surface area contributed by atoms with E-state index in [2.05, 4.69) is 6.58 Å². The highest BCUT2D eigenvalue weighted by molar-refractivity contribution is 6.44. The fraction of sp³-hybridized carbons (Fsp3) is 0.812. The van der Waals surface area contributed by atoms with Crippen molar-refractivity contribution in [3.05, 3.63) is 12.2 Å². The minimum Gasteiger partial charge on any atom is -0.462 e. The van der Waals surface area contributed by atoms with Gasteiger partial charge in [0.05, 0.1) is 6.61 Å². The molecule has 0 aliphatic carbocycles. The van der Waals surface area contributed by atoms with Crippen LogP contribution in [0.15, 0.2) is 12.2 Å². The summed E-state index contributed by atoms with van der Waals surface area (Å²) in [7, 11) is -1.03. The Labute approximate surface area is 131 Å². The molecule has 0 fully saturated rings. The van der Waals surface area contributed by atoms with Crippen LogP contribution in [-0.4, -0.2) is 35.1 Å². The van der Waals surface area contributed by atoms with E-state index in [1.54, 1.807) is 6.92 Å². The van der Waals surface area contributed by atoms with E-state index < -0.39 is 9.28 Å². The molecule has 0 N–H and O–H groups in total. The van der Waals surface area contributed by atoms with Gasteiger partial charge in [0.15, 0.2) is 0 Å². The molecule has 0 rings (SSSR count). The van der Waals surface area contributed by atoms with Crippen LogP contribution in [0.5, 0.6) is 0 Å². The van der Waals surface area contributed by atoms with Crippen LogP contribution in [0.3, 0.4) is 0 Å². The summed E-state index contributed by atoms with van der Waals surface area (Å²) >= 11 is 0. The monoisotopic (exact) mass is 315 g/mol. The third-order valence-electron chi connectivity index (χ3n) is 2.97. The van der Waals surface area contributed by atoms with Crippen LogP contribution in [0, 0.1) is 0 Å². The standard InChI is InChI=1S/C16H31O4Si/c1-5-19-21(20-6-2)14-12-10-8-7-9-11-13-18-16(17)15(3)4/h3,5-14H2,1-2,4H3. The number of hydrogen-bond acceptors (Lipinski definition) is 4. The van der Waals surface area contributed by atoms with Crippen molar-refractivity contribution in [2.24, 2.45) is 0 Å². The van der Waals surface area contributed by atoms with Crippen LogP contribution in [-0.2, 0) is 18.4 Å². The van der Waals surface area contributed by atoms with E-state index in [0.29, 0.717) is 12.2 Å². The first kappa shape index (κ1) is 20.3. The van der Waals surface area contributed by atoms with Gasteiger partial charge in [-0.15, -0.1) is 0 Å². The molecule has 0 aromatic rings. The minimum atomic E-state index is -1.03. The van der Waals surface area contributed by atoms with E-state index >= 15 is 0 Å². The molecule has 0 saturated heterocycles. The fourth-order valence-electron chi connectivity index (χ4n) is 1.87. The van der Waals surface area contributed by atoms with E-state index in [4.69, 9.17) is 13.6 Å². The summed E-state index contributed by atoms with van der Waals surface area (Å²) in [5, 5.41) is 0. The van der Waals surface area contributed by atoms with E-state index in [1.165, 1.54) is 25.7 Å². The Morgan fingerprint density at radius 3 is 2.00 bits per heavy atom. The smallest absolute Gasteiger partial charge is 0.384 e. The van der Waals surface area contributed by atoms with Gasteiger partial charge in [0.2, 0.25) is 0 Å². The topological polar surface area (TPSA) is 44.8 Å². The first-order chi connectivity index (χ1) is 10.1. The maximum Gasteiger partial charge on any atom is 0.384 e. The largest absolute Gasteiger partial charge is 0.462 e. The van der Waals surface area contributed by atoms with E-state index in [1.807, 2.05) is 13.8 Å². The van der Waals surface area contributed by atoms with Crippen molar-refractivity contribution in [2.45, 2.75) is 65.3 Å². The average Bonchev–Trinajstić information content (AvgIpc) is 2.45. The maximum absolute atomic E-state index is 11.1. The number of hydrogen-bond donors (Lipinski definition) is 0. The van der Waals surface area contributed by atoms with Gasteiger partial charge in [0.25, 0.3) is 0 Å². The third-order valence-corrected chi connectivity index (χ3v) is 4.95. The van der Waals surface area contributed by atoms with Gasteiger partial charge in [-0.05, 0) is 33.2 Å². The summed E-state index contributed by atoms with van der Waals surface area (Å²) in [6.07, 6.45) is 6.86. The molecule has 1 radical (unpaired) electrons. The SMILES string of the molecule is C=C(C)C(=O)OCCCCCCCC[Si](OCC)OCC. The molecule has 0 spiro atoms. The predicted octanol–water partition coefficient (Wildman–Crippen LogP) is 4.01. The van der Waals surface area contributed by atoms with Crippen LogP contribution in [0.25, 0.3) is 0 Å². The number of carbonyl (C=O) groups excluding carboxylic acids is 1. The summed E-state index contributed by atoms with van der Waals surface area (Å²) in [6, 6.07) is 1.07. The van der Waals surface area contributed by atoms with Crippen LogP contribution in [0.2, 0.25) is 6.04 Å². The number of unbranched alkanes of at least 4 members (excludes halogenated alkanes) is 5. The van der Waals surface area contributed by atoms with Crippen LogP contribution in [0.1, 0.15) is 59.3 Å². The Balaban J connectivity index is 3.35. The van der Waals surface area contributed by atoms with Crippen LogP contribution in [0.4, 0.5) is 0 Å². The molecular weight excluding hydrogens is 284 g/mol. The normalized spacial score (nSPS) is 10.9. The lowest BCUT2D eigenvalue weighted by Gasteiger charge is -2.12. The van der Waals surface area contributed by atoms with Crippen molar-refractivity contribution in [2.75, 3.05) is 19.8 Å². The Hall–Kier alpha value is -0.653. The van der Waals surface area contributed by atoms with Crippen molar-refractivity contribution in [1.82, 2.24) is 0 Å². The molecule has 0 heterocycles. The number of ether oxygens (including phenoxy) is 1. The second kappa shape index (κ2) is 14.3. The highest BCUT2D eigenvalue weighted by atomic mass is 28.3. The fourth-order valence-corrected chi connectivity index (χ4v) is 3.43. The van der Waals surface area contributed by atoms with Crippen molar-refractivity contribution in [1.29, 1.82) is 0 Å². The van der Waals surface area contributed by atoms with Crippen LogP contribution >= 0.6 is 0 Å². The first-order valence-corrected chi connectivity index (χ1v) is 9.58. The van der Waals surface area contributed by atoms with E-state index in [0.717, 1.165) is 32.1 Å². The molecule has 123 valence electrons. The Kier molecular flexibility index (Phi) is 13.8. The molecule has 0 atom stereocenters. The molecule has 4 nitrogen and oxygen atoms in total. The predicted molar refractivity (Wildman–Crippen MR) is 87.3 cm³/mol. The Morgan fingerprint density at radius 1 is 0.952 bits per heavy atom. The highest BCUT2D eigenvalue weighted by Gasteiger charge is 2.13. The maximum atomic E-state index is 11.1. The summed E-state index contributed by atoms with van der Waals surface area (Å²) < 4.78 is 16.3. The van der Waals surface area contributed by atoms with Crippen molar-refractivity contribution in [3.8, 4) is 0 Å². The first-order valence-electron chi connectivity index (χ1n) is 8.05. The van der Waals surface area contributed by atoms with Gasteiger partial charge in [0, 0.05) is 18.8 Å². The lowest BCUT2D eigenvalue weighted by molar-refractivity contribution is -0.139. The molecule has 0 aliphatic rings. The lowest BCUT2D eigenvalue weighted by atomic mass is 10.1. The molecule has 0 saturated carbocycles. The molecule has 0 unspecified atom stereocenters. The second-order valence-electron chi connectivity index (χ2n) is 5.03. The lowest BCUT2D eigenvalue weighted by Crippen LogP contribution is -2.22. The second-order valence-corrected chi connectivity index (χ2v) is 6.85. The van der Waals surface area contributed by atoms with Gasteiger partial charge in [0.1, 0.15) is 0 Å². The summed E-state index contributed by atoms with van der Waals surface area (Å²) in [6.45, 7) is 11.3. The molecule has 0 aromatic carbocycles. The summed E-state index contributed by atoms with van der Waals surface area (Å²) in [4.78, 5) is 11.1. The van der Waals surface area contributed by atoms with Gasteiger partial charge in [-0.25, -0.2) is 4.79 Å². The number of carbonyl (C=O) groups is 1. The zero-order chi connectivity index (χ0) is 15.9. The minimum absolute atomic E-state index is 0.281. The average molecular weight is 316 g/mol. The highest BCUT2D eigenvalue weighted by Crippen LogP contribution is 2.10. The van der Waals surface area contributed by atoms with Crippen molar-refractivity contribution in [3.63, 3.8) is 0 Å². The van der Waals surface area contributed by atoms with Crippen molar-refractivity contribution < 1.29 is 18.4 Å². The molecular formula is C16H31O4Si. The molecule has 5 heteroatoms. The summed E-state index contributed by atoms with van der Waals surface area (Å²) in [5.74, 6) is -0.281. The van der Waals surface area contributed by atoms with Crippen LogP contribution < -0.4 is 0 Å². The van der Waals surface area contributed by atoms with E-state index in [-0.39, 0.29) is 5.97 Å². The number of rotatable bonds is 14. The third kappa shape index (κ3) is 12.8. The van der Waals surface area contributed by atoms with Crippen molar-refractivity contribution >= 4 is 15.3 Å². The molecule has 0 aromatic heterocycles. The quantitative estimate of drug-likeness (QED) is 0.210.